The number of benzene rings is 3. The molecule has 4 aliphatic heterocycles. The van der Waals surface area contributed by atoms with Crippen molar-refractivity contribution in [2.45, 2.75) is 62.3 Å². The van der Waals surface area contributed by atoms with Crippen molar-refractivity contribution in [3.05, 3.63) is 53.3 Å². The molecule has 5 heterocycles. The van der Waals surface area contributed by atoms with Gasteiger partial charge in [0.05, 0.1) is 10.6 Å². The molecule has 4 fully saturated rings. The molecule has 0 radical (unpaired) electrons. The lowest BCUT2D eigenvalue weighted by Gasteiger charge is -2.31. The molecular formula is C33H34ClF2N5O2. The Morgan fingerprint density at radius 1 is 1.05 bits per heavy atom. The van der Waals surface area contributed by atoms with E-state index in [9.17, 15) is 9.50 Å². The van der Waals surface area contributed by atoms with E-state index in [1.165, 1.54) is 6.07 Å². The van der Waals surface area contributed by atoms with E-state index in [1.54, 1.807) is 12.1 Å². The lowest BCUT2D eigenvalue weighted by atomic mass is 9.95. The molecule has 0 saturated carbocycles. The van der Waals surface area contributed by atoms with Crippen molar-refractivity contribution >= 4 is 39.1 Å². The van der Waals surface area contributed by atoms with E-state index < -0.39 is 12.0 Å². The minimum absolute atomic E-state index is 0.0203. The highest BCUT2D eigenvalue weighted by Crippen LogP contribution is 2.44. The number of hydrogen-bond donors (Lipinski definition) is 2. The molecular weight excluding hydrogens is 572 g/mol. The highest BCUT2D eigenvalue weighted by Gasteiger charge is 2.49. The Kier molecular flexibility index (Phi) is 6.62. The third kappa shape index (κ3) is 4.67. The average Bonchev–Trinajstić information content (AvgIpc) is 3.62. The topological polar surface area (TPSA) is 73.8 Å². The Morgan fingerprint density at radius 2 is 1.91 bits per heavy atom. The van der Waals surface area contributed by atoms with Crippen molar-refractivity contribution < 1.29 is 18.6 Å². The Bertz CT molecular complexity index is 1740. The molecule has 2 bridgehead atoms. The quantitative estimate of drug-likeness (QED) is 0.279. The molecule has 4 atom stereocenters. The lowest BCUT2D eigenvalue weighted by molar-refractivity contribution is 0.107. The van der Waals surface area contributed by atoms with Gasteiger partial charge in [0.1, 0.15) is 29.9 Å². The van der Waals surface area contributed by atoms with Gasteiger partial charge in [0.2, 0.25) is 0 Å². The summed E-state index contributed by atoms with van der Waals surface area (Å²) < 4.78 is 37.6. The maximum absolute atomic E-state index is 16.8. The second kappa shape index (κ2) is 10.4. The van der Waals surface area contributed by atoms with E-state index in [2.05, 4.69) is 20.1 Å². The van der Waals surface area contributed by atoms with Crippen molar-refractivity contribution in [1.29, 1.82) is 0 Å². The standard InChI is InChI=1S/C33H34ClF2N5O2/c34-27-14-26-30(29(36)28(27)25-13-23(42)12-19-4-1-2-5-24(19)25)38-32(43-18-33-9-3-10-41(33)16-20(35)15-33)39-31(26)40-11-8-21-6-7-22(17-40)37-21/h1-2,4-5,12-14,20-22,37,42H,3,6-11,15-18H2/t20-,21?,22-,33?/m0/s1. The first-order valence-electron chi connectivity index (χ1n) is 15.3. The fraction of sp³-hybridized carbons (Fsp3) is 0.455. The number of aromatic nitrogens is 2. The molecule has 0 spiro atoms. The highest BCUT2D eigenvalue weighted by molar-refractivity contribution is 6.35. The molecule has 4 saturated heterocycles. The molecule has 224 valence electrons. The van der Waals surface area contributed by atoms with Gasteiger partial charge in [0.15, 0.2) is 5.82 Å². The van der Waals surface area contributed by atoms with Gasteiger partial charge in [-0.05, 0) is 73.2 Å². The van der Waals surface area contributed by atoms with Crippen LogP contribution in [0.3, 0.4) is 0 Å². The monoisotopic (exact) mass is 605 g/mol. The third-order valence-corrected chi connectivity index (χ3v) is 10.3. The predicted molar refractivity (Wildman–Crippen MR) is 164 cm³/mol. The number of aromatic hydroxyl groups is 1. The summed E-state index contributed by atoms with van der Waals surface area (Å²) in [6, 6.07) is 13.3. The summed E-state index contributed by atoms with van der Waals surface area (Å²) in [5.41, 5.74) is 0.391. The van der Waals surface area contributed by atoms with Crippen LogP contribution in [-0.2, 0) is 0 Å². The molecule has 0 aliphatic carbocycles. The average molecular weight is 606 g/mol. The second-order valence-corrected chi connectivity index (χ2v) is 13.1. The van der Waals surface area contributed by atoms with E-state index in [4.69, 9.17) is 21.3 Å². The summed E-state index contributed by atoms with van der Waals surface area (Å²) in [4.78, 5) is 13.9. The molecule has 10 heteroatoms. The maximum atomic E-state index is 16.8. The summed E-state index contributed by atoms with van der Waals surface area (Å²) in [7, 11) is 0. The van der Waals surface area contributed by atoms with Gasteiger partial charge < -0.3 is 20.1 Å². The van der Waals surface area contributed by atoms with Crippen molar-refractivity contribution in [2.24, 2.45) is 0 Å². The maximum Gasteiger partial charge on any atom is 0.319 e. The molecule has 4 aliphatic rings. The van der Waals surface area contributed by atoms with Crippen LogP contribution in [0.1, 0.15) is 38.5 Å². The Hall–Kier alpha value is -3.27. The fourth-order valence-electron chi connectivity index (χ4n) is 8.00. The van der Waals surface area contributed by atoms with Crippen LogP contribution < -0.4 is 15.0 Å². The molecule has 7 nitrogen and oxygen atoms in total. The van der Waals surface area contributed by atoms with Crippen LogP contribution >= 0.6 is 11.6 Å². The second-order valence-electron chi connectivity index (χ2n) is 12.7. The van der Waals surface area contributed by atoms with E-state index in [0.717, 1.165) is 62.5 Å². The summed E-state index contributed by atoms with van der Waals surface area (Å²) >= 11 is 6.88. The highest BCUT2D eigenvalue weighted by atomic mass is 35.5. The zero-order valence-corrected chi connectivity index (χ0v) is 24.6. The number of ether oxygens (including phenoxy) is 1. The molecule has 43 heavy (non-hydrogen) atoms. The predicted octanol–water partition coefficient (Wildman–Crippen LogP) is 6.23. The third-order valence-electron chi connectivity index (χ3n) is 10.0. The number of rotatable bonds is 5. The van der Waals surface area contributed by atoms with Gasteiger partial charge in [-0.2, -0.15) is 9.97 Å². The Morgan fingerprint density at radius 3 is 2.81 bits per heavy atom. The number of phenolic OH excluding ortho intramolecular Hbond substituents is 1. The van der Waals surface area contributed by atoms with Gasteiger partial charge >= 0.3 is 6.01 Å². The van der Waals surface area contributed by atoms with Crippen molar-refractivity contribution in [2.75, 3.05) is 37.7 Å². The van der Waals surface area contributed by atoms with Gasteiger partial charge in [-0.1, -0.05) is 35.9 Å². The van der Waals surface area contributed by atoms with Gasteiger partial charge in [-0.3, -0.25) is 4.90 Å². The zero-order valence-electron chi connectivity index (χ0n) is 23.8. The van der Waals surface area contributed by atoms with E-state index in [1.807, 2.05) is 24.3 Å². The number of fused-ring (bicyclic) bond motifs is 5. The Labute approximate surface area is 253 Å². The van der Waals surface area contributed by atoms with E-state index in [-0.39, 0.29) is 40.0 Å². The number of alkyl halides is 1. The molecule has 4 aromatic rings. The molecule has 2 unspecified atom stereocenters. The van der Waals surface area contributed by atoms with Crippen LogP contribution in [0.25, 0.3) is 32.8 Å². The number of anilines is 1. The number of nitrogens with zero attached hydrogens (tertiary/aromatic N) is 4. The van der Waals surface area contributed by atoms with Gasteiger partial charge in [0, 0.05) is 49.1 Å². The molecule has 1 aromatic heterocycles. The summed E-state index contributed by atoms with van der Waals surface area (Å²) in [5, 5.41) is 16.5. The van der Waals surface area contributed by atoms with E-state index >= 15 is 4.39 Å². The zero-order chi connectivity index (χ0) is 29.3. The summed E-state index contributed by atoms with van der Waals surface area (Å²) in [6.07, 6.45) is 4.60. The number of phenols is 1. The van der Waals surface area contributed by atoms with Gasteiger partial charge in [0.25, 0.3) is 0 Å². The largest absolute Gasteiger partial charge is 0.508 e. The molecule has 8 rings (SSSR count). The SMILES string of the molecule is Oc1cc(-c2c(Cl)cc3c(N4CCC5CC[C@@H](C4)N5)nc(OCC45CCCN4C[C@@H](F)C5)nc3c2F)c2ccccc2c1. The van der Waals surface area contributed by atoms with Crippen LogP contribution in [-0.4, -0.2) is 76.6 Å². The van der Waals surface area contributed by atoms with Crippen LogP contribution in [0, 0.1) is 5.82 Å². The smallest absolute Gasteiger partial charge is 0.319 e. The van der Waals surface area contributed by atoms with Gasteiger partial charge in [-0.15, -0.1) is 0 Å². The minimum atomic E-state index is -0.878. The first-order chi connectivity index (χ1) is 20.9. The van der Waals surface area contributed by atoms with Crippen LogP contribution in [0.4, 0.5) is 14.6 Å². The lowest BCUT2D eigenvalue weighted by Crippen LogP contribution is -2.43. The van der Waals surface area contributed by atoms with Crippen LogP contribution in [0.5, 0.6) is 11.8 Å². The van der Waals surface area contributed by atoms with Crippen molar-refractivity contribution in [3.8, 4) is 22.9 Å². The molecule has 3 aromatic carbocycles. The van der Waals surface area contributed by atoms with Crippen LogP contribution in [0.15, 0.2) is 42.5 Å². The minimum Gasteiger partial charge on any atom is -0.508 e. The molecule has 0 amide bonds. The number of halogens is 3. The summed E-state index contributed by atoms with van der Waals surface area (Å²) in [5.74, 6) is 0.0245. The number of nitrogens with one attached hydrogen (secondary N) is 1. The van der Waals surface area contributed by atoms with Crippen molar-refractivity contribution in [1.82, 2.24) is 20.2 Å². The summed E-state index contributed by atoms with van der Waals surface area (Å²) in [6.45, 7) is 3.03. The normalized spacial score (nSPS) is 27.2. The Balaban J connectivity index is 1.27. The first kappa shape index (κ1) is 27.3. The van der Waals surface area contributed by atoms with Gasteiger partial charge in [-0.25, -0.2) is 8.78 Å². The number of hydrogen-bond acceptors (Lipinski definition) is 7. The first-order valence-corrected chi connectivity index (χ1v) is 15.7. The van der Waals surface area contributed by atoms with E-state index in [0.29, 0.717) is 41.8 Å². The molecule has 2 N–H and O–H groups in total. The fourth-order valence-corrected chi connectivity index (χ4v) is 8.29. The van der Waals surface area contributed by atoms with Crippen molar-refractivity contribution in [3.63, 3.8) is 0 Å². The van der Waals surface area contributed by atoms with Crippen LogP contribution in [0.2, 0.25) is 5.02 Å².